The van der Waals surface area contributed by atoms with Gasteiger partial charge in [0.1, 0.15) is 0 Å². The van der Waals surface area contributed by atoms with Crippen molar-refractivity contribution < 1.29 is 0 Å². The normalized spacial score (nSPS) is 12.0. The molecule has 0 radical (unpaired) electrons. The Kier molecular flexibility index (Phi) is 6.64. The Labute approximate surface area is 79.9 Å². The molecule has 11 heavy (non-hydrogen) atoms. The molecule has 0 bridgehead atoms. The van der Waals surface area contributed by atoms with E-state index in [0.717, 1.165) is 0 Å². The van der Waals surface area contributed by atoms with E-state index >= 15 is 0 Å². The molecule has 0 saturated carbocycles. The summed E-state index contributed by atoms with van der Waals surface area (Å²) in [4.78, 5) is 0. The van der Waals surface area contributed by atoms with Crippen LogP contribution in [0.2, 0.25) is 0 Å². The molecule has 0 unspecified atom stereocenters. The number of thioether (sulfide) groups is 2. The fourth-order valence-electron chi connectivity index (χ4n) is 1.31. The molecule has 0 atom stereocenters. The van der Waals surface area contributed by atoms with Crippen LogP contribution in [0.3, 0.4) is 0 Å². The summed E-state index contributed by atoms with van der Waals surface area (Å²) >= 11 is 3.97. The Hall–Kier alpha value is 0.700. The highest BCUT2D eigenvalue weighted by atomic mass is 32.2. The minimum Gasteiger partial charge on any atom is -0.165 e. The summed E-state index contributed by atoms with van der Waals surface area (Å²) in [5.41, 5.74) is 0.610. The minimum atomic E-state index is 0.610. The van der Waals surface area contributed by atoms with Gasteiger partial charge in [0, 0.05) is 0 Å². The third-order valence-electron chi connectivity index (χ3n) is 2.40. The van der Waals surface area contributed by atoms with Crippen LogP contribution in [-0.4, -0.2) is 24.0 Å². The van der Waals surface area contributed by atoms with Crippen LogP contribution in [0, 0.1) is 5.41 Å². The topological polar surface area (TPSA) is 0 Å². The standard InChI is InChI=1S/C9H20S2/c1-5-9(6-2,7-10-3)8-11-4/h5-8H2,1-4H3. The Morgan fingerprint density at radius 3 is 1.45 bits per heavy atom. The van der Waals surface area contributed by atoms with E-state index in [-0.39, 0.29) is 0 Å². The summed E-state index contributed by atoms with van der Waals surface area (Å²) in [6.07, 6.45) is 7.07. The lowest BCUT2D eigenvalue weighted by Crippen LogP contribution is -2.24. The molecule has 0 fully saturated rings. The number of hydrogen-bond donors (Lipinski definition) is 0. The lowest BCUT2D eigenvalue weighted by atomic mass is 9.87. The maximum atomic E-state index is 2.32. The average molecular weight is 192 g/mol. The third kappa shape index (κ3) is 3.75. The Bertz CT molecular complexity index is 79.6. The maximum Gasteiger partial charge on any atom is -0.000589 e. The van der Waals surface area contributed by atoms with Crippen molar-refractivity contribution in [1.29, 1.82) is 0 Å². The van der Waals surface area contributed by atoms with Crippen LogP contribution in [0.25, 0.3) is 0 Å². The van der Waals surface area contributed by atoms with Gasteiger partial charge in [-0.05, 0) is 42.3 Å². The second-order valence-corrected chi connectivity index (χ2v) is 4.81. The molecule has 0 aromatic rings. The van der Waals surface area contributed by atoms with Crippen molar-refractivity contribution in [2.24, 2.45) is 5.41 Å². The van der Waals surface area contributed by atoms with Gasteiger partial charge in [-0.15, -0.1) is 0 Å². The van der Waals surface area contributed by atoms with Crippen molar-refractivity contribution in [3.63, 3.8) is 0 Å². The molecule has 0 aliphatic heterocycles. The van der Waals surface area contributed by atoms with E-state index in [0.29, 0.717) is 5.41 Å². The molecule has 0 spiro atoms. The van der Waals surface area contributed by atoms with Crippen LogP contribution in [0.4, 0.5) is 0 Å². The van der Waals surface area contributed by atoms with Crippen LogP contribution in [0.1, 0.15) is 26.7 Å². The highest BCUT2D eigenvalue weighted by molar-refractivity contribution is 7.99. The zero-order valence-electron chi connectivity index (χ0n) is 8.14. The predicted molar refractivity (Wildman–Crippen MR) is 59.8 cm³/mol. The first-order chi connectivity index (χ1) is 5.24. The quantitative estimate of drug-likeness (QED) is 0.631. The first kappa shape index (κ1) is 11.7. The maximum absolute atomic E-state index is 2.32. The summed E-state index contributed by atoms with van der Waals surface area (Å²) in [6, 6.07) is 0. The summed E-state index contributed by atoms with van der Waals surface area (Å²) in [5.74, 6) is 2.64. The minimum absolute atomic E-state index is 0.610. The van der Waals surface area contributed by atoms with Crippen molar-refractivity contribution >= 4 is 23.5 Å². The molecule has 0 rings (SSSR count). The highest BCUT2D eigenvalue weighted by Gasteiger charge is 2.24. The molecule has 0 saturated heterocycles. The van der Waals surface area contributed by atoms with Crippen LogP contribution in [-0.2, 0) is 0 Å². The summed E-state index contributed by atoms with van der Waals surface area (Å²) in [6.45, 7) is 4.63. The SMILES string of the molecule is CCC(CC)(CSC)CSC. The summed E-state index contributed by atoms with van der Waals surface area (Å²) in [7, 11) is 0. The molecule has 0 N–H and O–H groups in total. The lowest BCUT2D eigenvalue weighted by molar-refractivity contribution is 0.357. The van der Waals surface area contributed by atoms with Crippen molar-refractivity contribution in [3.05, 3.63) is 0 Å². The Balaban J connectivity index is 3.96. The molecule has 0 aromatic carbocycles. The van der Waals surface area contributed by atoms with Crippen LogP contribution < -0.4 is 0 Å². The van der Waals surface area contributed by atoms with Crippen molar-refractivity contribution in [3.8, 4) is 0 Å². The van der Waals surface area contributed by atoms with E-state index in [9.17, 15) is 0 Å². The van der Waals surface area contributed by atoms with Gasteiger partial charge in [0.15, 0.2) is 0 Å². The van der Waals surface area contributed by atoms with Crippen LogP contribution in [0.15, 0.2) is 0 Å². The van der Waals surface area contributed by atoms with Crippen molar-refractivity contribution in [2.45, 2.75) is 26.7 Å². The smallest absolute Gasteiger partial charge is 0.000589 e. The largest absolute Gasteiger partial charge is 0.165 e. The Morgan fingerprint density at radius 2 is 1.27 bits per heavy atom. The monoisotopic (exact) mass is 192 g/mol. The van der Waals surface area contributed by atoms with Gasteiger partial charge in [-0.25, -0.2) is 0 Å². The van der Waals surface area contributed by atoms with Gasteiger partial charge >= 0.3 is 0 Å². The van der Waals surface area contributed by atoms with Gasteiger partial charge in [-0.3, -0.25) is 0 Å². The first-order valence-corrected chi connectivity index (χ1v) is 7.01. The molecular weight excluding hydrogens is 172 g/mol. The van der Waals surface area contributed by atoms with E-state index in [1.807, 2.05) is 23.5 Å². The van der Waals surface area contributed by atoms with Crippen LogP contribution in [0.5, 0.6) is 0 Å². The molecule has 0 nitrogen and oxygen atoms in total. The molecule has 0 aliphatic rings. The van der Waals surface area contributed by atoms with E-state index < -0.39 is 0 Å². The van der Waals surface area contributed by atoms with Gasteiger partial charge in [0.25, 0.3) is 0 Å². The second kappa shape index (κ2) is 6.24. The van der Waals surface area contributed by atoms with Gasteiger partial charge in [-0.1, -0.05) is 13.8 Å². The molecule has 2 heteroatoms. The predicted octanol–water partition coefficient (Wildman–Crippen LogP) is 3.52. The summed E-state index contributed by atoms with van der Waals surface area (Å²) < 4.78 is 0. The fraction of sp³-hybridized carbons (Fsp3) is 1.00. The molecule has 0 aromatic heterocycles. The molecule has 0 heterocycles. The van der Waals surface area contributed by atoms with Gasteiger partial charge in [0.2, 0.25) is 0 Å². The molecule has 68 valence electrons. The van der Waals surface area contributed by atoms with Crippen molar-refractivity contribution in [2.75, 3.05) is 24.0 Å². The van der Waals surface area contributed by atoms with E-state index in [1.54, 1.807) is 0 Å². The number of hydrogen-bond acceptors (Lipinski definition) is 2. The molecular formula is C9H20S2. The third-order valence-corrected chi connectivity index (χ3v) is 4.20. The highest BCUT2D eigenvalue weighted by Crippen LogP contribution is 2.32. The fourth-order valence-corrected chi connectivity index (χ4v) is 3.69. The zero-order valence-corrected chi connectivity index (χ0v) is 9.78. The lowest BCUT2D eigenvalue weighted by Gasteiger charge is -2.30. The zero-order chi connectivity index (χ0) is 8.74. The van der Waals surface area contributed by atoms with E-state index in [2.05, 4.69) is 26.4 Å². The van der Waals surface area contributed by atoms with Gasteiger partial charge in [-0.2, -0.15) is 23.5 Å². The molecule has 0 aliphatic carbocycles. The second-order valence-electron chi connectivity index (χ2n) is 3.07. The Morgan fingerprint density at radius 1 is 0.909 bits per heavy atom. The van der Waals surface area contributed by atoms with Crippen LogP contribution >= 0.6 is 23.5 Å². The van der Waals surface area contributed by atoms with Crippen molar-refractivity contribution in [1.82, 2.24) is 0 Å². The number of rotatable bonds is 6. The molecule has 0 amide bonds. The van der Waals surface area contributed by atoms with E-state index in [4.69, 9.17) is 0 Å². The summed E-state index contributed by atoms with van der Waals surface area (Å²) in [5, 5.41) is 0. The average Bonchev–Trinajstić information content (AvgIpc) is 2.04. The van der Waals surface area contributed by atoms with E-state index in [1.165, 1.54) is 24.3 Å². The first-order valence-electron chi connectivity index (χ1n) is 4.22. The van der Waals surface area contributed by atoms with Gasteiger partial charge < -0.3 is 0 Å². The van der Waals surface area contributed by atoms with Gasteiger partial charge in [0.05, 0.1) is 0 Å².